The Morgan fingerprint density at radius 3 is 1.94 bits per heavy atom. The molecule has 0 saturated carbocycles. The van der Waals surface area contributed by atoms with Crippen molar-refractivity contribution in [3.63, 3.8) is 0 Å². The van der Waals surface area contributed by atoms with Crippen LogP contribution in [0.4, 0.5) is 0 Å². The topological polar surface area (TPSA) is 35.5 Å². The summed E-state index contributed by atoms with van der Waals surface area (Å²) in [6.45, 7) is 12.9. The van der Waals surface area contributed by atoms with Crippen molar-refractivity contribution in [2.24, 2.45) is 0 Å². The van der Waals surface area contributed by atoms with Crippen LogP contribution in [0.1, 0.15) is 20.8 Å². The Bertz CT molecular complexity index is 319. The van der Waals surface area contributed by atoms with Gasteiger partial charge in [0, 0.05) is 0 Å². The number of allylic oxidation sites excluding steroid dienone is 3. The van der Waals surface area contributed by atoms with Gasteiger partial charge in [-0.25, -0.2) is 0 Å². The normalized spacial score (nSPS) is 14.6. The molecule has 0 heterocycles. The van der Waals surface area contributed by atoms with Gasteiger partial charge in [-0.1, -0.05) is 37.5 Å². The minimum absolute atomic E-state index is 0.384. The van der Waals surface area contributed by atoms with Crippen LogP contribution in [0.15, 0.2) is 23.2 Å². The Kier molecular flexibility index (Phi) is 7.25. The van der Waals surface area contributed by atoms with Crippen LogP contribution in [-0.4, -0.2) is 21.3 Å². The molecule has 0 aliphatic heterocycles. The van der Waals surface area contributed by atoms with E-state index in [-0.39, 0.29) is 0 Å². The molecule has 3 nitrogen and oxygen atoms in total. The number of hydrogen-bond acceptors (Lipinski definition) is 3. The highest BCUT2D eigenvalue weighted by Crippen LogP contribution is 2.56. The van der Waals surface area contributed by atoms with Crippen LogP contribution in [0.3, 0.4) is 0 Å². The highest BCUT2D eigenvalue weighted by atomic mass is 31.2. The van der Waals surface area contributed by atoms with Crippen molar-refractivity contribution in [2.45, 2.75) is 40.4 Å². The second-order valence-corrected chi connectivity index (χ2v) is 11.8. The largest absolute Gasteiger partial charge is 0.360 e. The molecule has 0 N–H and O–H groups in total. The zero-order valence-corrected chi connectivity index (χ0v) is 13.7. The maximum atomic E-state index is 12.5. The molecule has 0 aliphatic rings. The Balaban J connectivity index is 5.08. The predicted octanol–water partition coefficient (Wildman–Crippen LogP) is 4.59. The Morgan fingerprint density at radius 1 is 1.18 bits per heavy atom. The summed E-state index contributed by atoms with van der Waals surface area (Å²) in [6, 6.07) is 0. The van der Waals surface area contributed by atoms with E-state index in [0.29, 0.717) is 18.5 Å². The van der Waals surface area contributed by atoms with Crippen LogP contribution in [0.5, 0.6) is 0 Å². The third-order valence-corrected chi connectivity index (χ3v) is 5.37. The summed E-state index contributed by atoms with van der Waals surface area (Å²) in [4.78, 5) is 0. The van der Waals surface area contributed by atoms with Gasteiger partial charge in [0.1, 0.15) is 0 Å². The fourth-order valence-electron chi connectivity index (χ4n) is 1.21. The van der Waals surface area contributed by atoms with Crippen LogP contribution in [0.2, 0.25) is 19.6 Å². The molecular weight excluding hydrogens is 251 g/mol. The van der Waals surface area contributed by atoms with E-state index in [2.05, 4.69) is 25.3 Å². The second kappa shape index (κ2) is 7.32. The molecule has 0 radical (unpaired) electrons. The van der Waals surface area contributed by atoms with Crippen LogP contribution in [0, 0.1) is 0 Å². The van der Waals surface area contributed by atoms with E-state index < -0.39 is 15.7 Å². The van der Waals surface area contributed by atoms with Gasteiger partial charge in [0.05, 0.1) is 26.6 Å². The average Bonchev–Trinajstić information content (AvgIpc) is 2.17. The average molecular weight is 276 g/mol. The van der Waals surface area contributed by atoms with E-state index in [1.54, 1.807) is 0 Å². The Labute approximate surface area is 106 Å². The molecule has 0 atom stereocenters. The standard InChI is InChI=1S/C12H25O3PSi/c1-7-12(10-11-17(4,5)6)16(13,14-8-2)15-9-3/h7,10-11H,8-9H2,1-6H3/b11-10+,12-7+. The van der Waals surface area contributed by atoms with Crippen molar-refractivity contribution < 1.29 is 13.6 Å². The molecule has 0 aromatic heterocycles. The Morgan fingerprint density at radius 2 is 1.65 bits per heavy atom. The molecule has 0 aromatic carbocycles. The highest BCUT2D eigenvalue weighted by Gasteiger charge is 2.27. The van der Waals surface area contributed by atoms with E-state index in [1.165, 1.54) is 0 Å². The second-order valence-electron chi connectivity index (χ2n) is 4.75. The first-order chi connectivity index (χ1) is 7.79. The summed E-state index contributed by atoms with van der Waals surface area (Å²) in [6.07, 6.45) is 3.71. The van der Waals surface area contributed by atoms with Gasteiger partial charge in [-0.3, -0.25) is 4.57 Å². The lowest BCUT2D eigenvalue weighted by Crippen LogP contribution is -2.15. The summed E-state index contributed by atoms with van der Waals surface area (Å²) in [7, 11) is -4.43. The zero-order chi connectivity index (χ0) is 13.5. The molecular formula is C12H25O3PSi. The van der Waals surface area contributed by atoms with E-state index >= 15 is 0 Å². The van der Waals surface area contributed by atoms with Crippen molar-refractivity contribution in [2.75, 3.05) is 13.2 Å². The molecule has 0 saturated heterocycles. The van der Waals surface area contributed by atoms with Crippen LogP contribution < -0.4 is 0 Å². The van der Waals surface area contributed by atoms with Gasteiger partial charge in [0.2, 0.25) is 0 Å². The maximum absolute atomic E-state index is 12.5. The van der Waals surface area contributed by atoms with Gasteiger partial charge in [0.25, 0.3) is 0 Å². The first-order valence-corrected chi connectivity index (χ1v) is 11.2. The van der Waals surface area contributed by atoms with Gasteiger partial charge in [-0.2, -0.15) is 0 Å². The lowest BCUT2D eigenvalue weighted by molar-refractivity contribution is 0.227. The van der Waals surface area contributed by atoms with Gasteiger partial charge >= 0.3 is 7.60 Å². The monoisotopic (exact) mass is 276 g/mol. The SMILES string of the molecule is C/C=C(\C=C\[Si](C)(C)C)P(=O)(OCC)OCC. The summed E-state index contributed by atoms with van der Waals surface area (Å²) >= 11 is 0. The van der Waals surface area contributed by atoms with Crippen molar-refractivity contribution in [1.29, 1.82) is 0 Å². The minimum atomic E-state index is -3.12. The van der Waals surface area contributed by atoms with Gasteiger partial charge in [-0.15, -0.1) is 0 Å². The number of hydrogen-bond donors (Lipinski definition) is 0. The molecule has 0 unspecified atom stereocenters. The number of rotatable bonds is 7. The van der Waals surface area contributed by atoms with Gasteiger partial charge in [-0.05, 0) is 20.8 Å². The summed E-state index contributed by atoms with van der Waals surface area (Å²) in [5, 5.41) is 0.656. The summed E-state index contributed by atoms with van der Waals surface area (Å²) in [5.41, 5.74) is 2.15. The van der Waals surface area contributed by atoms with Gasteiger partial charge in [0.15, 0.2) is 0 Å². The van der Waals surface area contributed by atoms with E-state index in [4.69, 9.17) is 9.05 Å². The van der Waals surface area contributed by atoms with Crippen molar-refractivity contribution >= 4 is 15.7 Å². The zero-order valence-electron chi connectivity index (χ0n) is 11.8. The first kappa shape index (κ1) is 16.8. The molecule has 5 heteroatoms. The smallest absolute Gasteiger partial charge is 0.306 e. The molecule has 100 valence electrons. The molecule has 0 amide bonds. The lowest BCUT2D eigenvalue weighted by Gasteiger charge is -2.18. The van der Waals surface area contributed by atoms with Gasteiger partial charge < -0.3 is 9.05 Å². The van der Waals surface area contributed by atoms with E-state index in [1.807, 2.05) is 32.9 Å². The maximum Gasteiger partial charge on any atom is 0.360 e. The molecule has 17 heavy (non-hydrogen) atoms. The molecule has 0 fully saturated rings. The third kappa shape index (κ3) is 6.37. The molecule has 0 rings (SSSR count). The lowest BCUT2D eigenvalue weighted by atomic mass is 10.5. The van der Waals surface area contributed by atoms with Crippen LogP contribution >= 0.6 is 7.60 Å². The van der Waals surface area contributed by atoms with E-state index in [0.717, 1.165) is 0 Å². The third-order valence-electron chi connectivity index (χ3n) is 1.96. The molecule has 0 bridgehead atoms. The fourth-order valence-corrected chi connectivity index (χ4v) is 3.65. The molecule has 0 spiro atoms. The molecule has 0 aromatic rings. The summed E-state index contributed by atoms with van der Waals surface area (Å²) in [5.74, 6) is 0. The quantitative estimate of drug-likeness (QED) is 0.387. The highest BCUT2D eigenvalue weighted by molar-refractivity contribution is 7.58. The molecule has 0 aliphatic carbocycles. The van der Waals surface area contributed by atoms with Crippen LogP contribution in [0.25, 0.3) is 0 Å². The van der Waals surface area contributed by atoms with Crippen molar-refractivity contribution in [3.8, 4) is 0 Å². The predicted molar refractivity (Wildman–Crippen MR) is 77.1 cm³/mol. The Hall–Kier alpha value is -0.153. The van der Waals surface area contributed by atoms with Crippen molar-refractivity contribution in [3.05, 3.63) is 23.2 Å². The minimum Gasteiger partial charge on any atom is -0.306 e. The van der Waals surface area contributed by atoms with Crippen LogP contribution in [-0.2, 0) is 13.6 Å². The van der Waals surface area contributed by atoms with E-state index in [9.17, 15) is 4.57 Å². The fraction of sp³-hybridized carbons (Fsp3) is 0.667. The first-order valence-electron chi connectivity index (χ1n) is 6.04. The van der Waals surface area contributed by atoms with Crippen molar-refractivity contribution in [1.82, 2.24) is 0 Å². The summed E-state index contributed by atoms with van der Waals surface area (Å²) < 4.78 is 23.1.